The summed E-state index contributed by atoms with van der Waals surface area (Å²) < 4.78 is 37.9. The minimum Gasteiger partial charge on any atom is -0.304 e. The van der Waals surface area contributed by atoms with E-state index in [1.807, 2.05) is 11.9 Å². The summed E-state index contributed by atoms with van der Waals surface area (Å²) in [7, 11) is 1.98. The van der Waals surface area contributed by atoms with Crippen molar-refractivity contribution < 1.29 is 18.1 Å². The van der Waals surface area contributed by atoms with E-state index >= 15 is 0 Å². The van der Waals surface area contributed by atoms with E-state index in [-0.39, 0.29) is 0 Å². The van der Waals surface area contributed by atoms with E-state index < -0.39 is 22.4 Å². The Labute approximate surface area is 120 Å². The third-order valence-corrected chi connectivity index (χ3v) is 3.60. The zero-order valence-corrected chi connectivity index (χ0v) is 11.6. The van der Waals surface area contributed by atoms with Crippen LogP contribution in [0, 0.1) is 10.1 Å². The van der Waals surface area contributed by atoms with Gasteiger partial charge in [-0.05, 0) is 13.1 Å². The minimum absolute atomic E-state index is 0.294. The van der Waals surface area contributed by atoms with Gasteiger partial charge in [-0.1, -0.05) is 6.07 Å². The van der Waals surface area contributed by atoms with Gasteiger partial charge in [0.2, 0.25) is 0 Å². The van der Waals surface area contributed by atoms with Crippen molar-refractivity contribution in [2.45, 2.75) is 12.7 Å². The Bertz CT molecular complexity index is 526. The highest BCUT2D eigenvalue weighted by Gasteiger charge is 2.33. The molecule has 0 amide bonds. The lowest BCUT2D eigenvalue weighted by Gasteiger charge is -2.32. The number of piperazine rings is 1. The van der Waals surface area contributed by atoms with Gasteiger partial charge in [0.15, 0.2) is 0 Å². The van der Waals surface area contributed by atoms with Crippen molar-refractivity contribution in [3.63, 3.8) is 0 Å². The molecule has 0 aliphatic carbocycles. The maximum absolute atomic E-state index is 12.6. The Hall–Kier alpha value is -1.67. The van der Waals surface area contributed by atoms with E-state index in [0.29, 0.717) is 18.2 Å². The second kappa shape index (κ2) is 5.98. The van der Waals surface area contributed by atoms with E-state index in [1.165, 1.54) is 6.07 Å². The molecule has 116 valence electrons. The summed E-state index contributed by atoms with van der Waals surface area (Å²) in [6, 6.07) is 2.73. The molecule has 1 saturated heterocycles. The van der Waals surface area contributed by atoms with Gasteiger partial charge in [0.05, 0.1) is 10.5 Å². The number of nitro benzene ring substituents is 1. The van der Waals surface area contributed by atoms with Crippen LogP contribution in [0.3, 0.4) is 0 Å². The van der Waals surface area contributed by atoms with Gasteiger partial charge in [0.1, 0.15) is 0 Å². The Morgan fingerprint density at radius 1 is 1.24 bits per heavy atom. The molecule has 2 rings (SSSR count). The maximum atomic E-state index is 12.6. The molecule has 1 heterocycles. The lowest BCUT2D eigenvalue weighted by Crippen LogP contribution is -2.43. The first-order valence-electron chi connectivity index (χ1n) is 6.53. The number of likely N-dealkylation sites (N-methyl/N-ethyl adjacent to an activating group) is 1. The van der Waals surface area contributed by atoms with Gasteiger partial charge in [-0.2, -0.15) is 13.2 Å². The fourth-order valence-electron chi connectivity index (χ4n) is 2.29. The maximum Gasteiger partial charge on any atom is 0.416 e. The highest BCUT2D eigenvalue weighted by molar-refractivity contribution is 5.44. The summed E-state index contributed by atoms with van der Waals surface area (Å²) in [5.74, 6) is 0. The number of benzene rings is 1. The number of hydrogen-bond acceptors (Lipinski definition) is 4. The van der Waals surface area contributed by atoms with E-state index in [4.69, 9.17) is 0 Å². The van der Waals surface area contributed by atoms with Crippen molar-refractivity contribution in [3.05, 3.63) is 39.4 Å². The third kappa shape index (κ3) is 3.92. The monoisotopic (exact) mass is 303 g/mol. The molecule has 1 aromatic carbocycles. The van der Waals surface area contributed by atoms with Gasteiger partial charge in [-0.3, -0.25) is 15.0 Å². The van der Waals surface area contributed by atoms with Crippen LogP contribution >= 0.6 is 0 Å². The fraction of sp³-hybridized carbons (Fsp3) is 0.538. The Morgan fingerprint density at radius 2 is 1.86 bits per heavy atom. The fourth-order valence-corrected chi connectivity index (χ4v) is 2.29. The van der Waals surface area contributed by atoms with E-state index in [1.54, 1.807) is 0 Å². The average Bonchev–Trinajstić information content (AvgIpc) is 2.40. The largest absolute Gasteiger partial charge is 0.416 e. The van der Waals surface area contributed by atoms with Gasteiger partial charge >= 0.3 is 6.18 Å². The van der Waals surface area contributed by atoms with Crippen LogP contribution in [-0.4, -0.2) is 47.9 Å². The number of nitro groups is 1. The number of rotatable bonds is 3. The van der Waals surface area contributed by atoms with E-state index in [9.17, 15) is 23.3 Å². The predicted octanol–water partition coefficient (Wildman–Crippen LogP) is 2.36. The molecular formula is C13H16F3N3O2. The van der Waals surface area contributed by atoms with Crippen LogP contribution < -0.4 is 0 Å². The topological polar surface area (TPSA) is 49.6 Å². The Balaban J connectivity index is 2.21. The number of alkyl halides is 3. The molecule has 0 saturated carbocycles. The lowest BCUT2D eigenvalue weighted by molar-refractivity contribution is -0.386. The normalized spacial score (nSPS) is 17.9. The molecule has 5 nitrogen and oxygen atoms in total. The third-order valence-electron chi connectivity index (χ3n) is 3.60. The second-order valence-corrected chi connectivity index (χ2v) is 5.18. The van der Waals surface area contributed by atoms with E-state index in [2.05, 4.69) is 4.90 Å². The lowest BCUT2D eigenvalue weighted by atomic mass is 10.1. The van der Waals surface area contributed by atoms with Gasteiger partial charge in [0, 0.05) is 44.4 Å². The van der Waals surface area contributed by atoms with Crippen molar-refractivity contribution in [3.8, 4) is 0 Å². The summed E-state index contributed by atoms with van der Waals surface area (Å²) in [5, 5.41) is 11.0. The van der Waals surface area contributed by atoms with Crippen LogP contribution in [0.4, 0.5) is 18.9 Å². The zero-order chi connectivity index (χ0) is 15.6. The molecule has 8 heteroatoms. The molecule has 0 atom stereocenters. The molecular weight excluding hydrogens is 287 g/mol. The van der Waals surface area contributed by atoms with Crippen LogP contribution in [0.25, 0.3) is 0 Å². The molecule has 0 N–H and O–H groups in total. The molecule has 0 spiro atoms. The van der Waals surface area contributed by atoms with Crippen LogP contribution in [0.5, 0.6) is 0 Å². The summed E-state index contributed by atoms with van der Waals surface area (Å²) in [6.07, 6.45) is -4.57. The molecule has 1 fully saturated rings. The highest BCUT2D eigenvalue weighted by Crippen LogP contribution is 2.33. The Kier molecular flexibility index (Phi) is 4.48. The van der Waals surface area contributed by atoms with E-state index in [0.717, 1.165) is 32.2 Å². The molecule has 0 unspecified atom stereocenters. The average molecular weight is 303 g/mol. The molecule has 1 aliphatic heterocycles. The predicted molar refractivity (Wildman–Crippen MR) is 70.9 cm³/mol. The summed E-state index contributed by atoms with van der Waals surface area (Å²) in [6.45, 7) is 3.47. The van der Waals surface area contributed by atoms with Crippen molar-refractivity contribution in [1.29, 1.82) is 0 Å². The number of halogens is 3. The number of nitrogens with zero attached hydrogens (tertiary/aromatic N) is 3. The molecule has 0 radical (unpaired) electrons. The first kappa shape index (κ1) is 15.7. The van der Waals surface area contributed by atoms with Gasteiger partial charge in [0.25, 0.3) is 5.69 Å². The van der Waals surface area contributed by atoms with Gasteiger partial charge in [-0.15, -0.1) is 0 Å². The van der Waals surface area contributed by atoms with Crippen molar-refractivity contribution in [2.24, 2.45) is 0 Å². The zero-order valence-electron chi connectivity index (χ0n) is 11.6. The molecule has 1 aromatic rings. The van der Waals surface area contributed by atoms with Crippen molar-refractivity contribution >= 4 is 5.69 Å². The quantitative estimate of drug-likeness (QED) is 0.635. The van der Waals surface area contributed by atoms with Crippen LogP contribution in [0.15, 0.2) is 18.2 Å². The second-order valence-electron chi connectivity index (χ2n) is 5.18. The highest BCUT2D eigenvalue weighted by atomic mass is 19.4. The van der Waals surface area contributed by atoms with Crippen LogP contribution in [0.2, 0.25) is 0 Å². The van der Waals surface area contributed by atoms with Crippen LogP contribution in [-0.2, 0) is 12.7 Å². The summed E-state index contributed by atoms with van der Waals surface area (Å²) >= 11 is 0. The van der Waals surface area contributed by atoms with Crippen molar-refractivity contribution in [2.75, 3.05) is 33.2 Å². The smallest absolute Gasteiger partial charge is 0.304 e. The standard InChI is InChI=1S/C13H16F3N3O2/c1-17-4-6-18(7-5-17)9-10-2-3-11(13(14,15)16)8-12(10)19(20)21/h2-3,8H,4-7,9H2,1H3. The summed E-state index contributed by atoms with van der Waals surface area (Å²) in [5.41, 5.74) is -1.14. The van der Waals surface area contributed by atoms with Gasteiger partial charge in [-0.25, -0.2) is 0 Å². The molecule has 0 bridgehead atoms. The van der Waals surface area contributed by atoms with Crippen molar-refractivity contribution in [1.82, 2.24) is 9.80 Å². The molecule has 1 aliphatic rings. The summed E-state index contributed by atoms with van der Waals surface area (Å²) in [4.78, 5) is 14.4. The van der Waals surface area contributed by atoms with Gasteiger partial charge < -0.3 is 4.90 Å². The number of hydrogen-bond donors (Lipinski definition) is 0. The molecule has 21 heavy (non-hydrogen) atoms. The Morgan fingerprint density at radius 3 is 2.38 bits per heavy atom. The first-order chi connectivity index (χ1) is 9.77. The first-order valence-corrected chi connectivity index (χ1v) is 6.53. The molecule has 0 aromatic heterocycles. The minimum atomic E-state index is -4.57. The van der Waals surface area contributed by atoms with Crippen LogP contribution in [0.1, 0.15) is 11.1 Å². The SMILES string of the molecule is CN1CCN(Cc2ccc(C(F)(F)F)cc2[N+](=O)[O-])CC1.